The molecule has 1 saturated heterocycles. The highest BCUT2D eigenvalue weighted by Crippen LogP contribution is 2.18. The molecule has 4 nitrogen and oxygen atoms in total. The van der Waals surface area contributed by atoms with Crippen molar-refractivity contribution in [1.29, 1.82) is 0 Å². The van der Waals surface area contributed by atoms with Gasteiger partial charge in [0.25, 0.3) is 0 Å². The minimum Gasteiger partial charge on any atom is -0.342 e. The van der Waals surface area contributed by atoms with Crippen molar-refractivity contribution in [1.82, 2.24) is 10.6 Å². The predicted molar refractivity (Wildman–Crippen MR) is 76.5 cm³/mol. The maximum atomic E-state index is 13.8. The van der Waals surface area contributed by atoms with E-state index in [0.717, 1.165) is 0 Å². The number of halogens is 2. The summed E-state index contributed by atoms with van der Waals surface area (Å²) in [7, 11) is 0. The van der Waals surface area contributed by atoms with Crippen molar-refractivity contribution in [3.05, 3.63) is 34.1 Å². The molecule has 1 aliphatic heterocycles. The summed E-state index contributed by atoms with van der Waals surface area (Å²) < 4.78 is 14.4. The average molecular weight is 343 g/mol. The quantitative estimate of drug-likeness (QED) is 0.879. The smallest absolute Gasteiger partial charge is 0.243 e. The zero-order chi connectivity index (χ0) is 14.9. The Balaban J connectivity index is 2.11. The highest BCUT2D eigenvalue weighted by atomic mass is 79.9. The van der Waals surface area contributed by atoms with E-state index in [1.807, 2.05) is 13.8 Å². The fraction of sp³-hybridized carbons (Fsp3) is 0.429. The molecule has 1 fully saturated rings. The topological polar surface area (TPSA) is 58.2 Å². The lowest BCUT2D eigenvalue weighted by atomic mass is 9.97. The molecule has 1 heterocycles. The molecule has 108 valence electrons. The molecular formula is C14H16BrFN2O2. The molecule has 2 atom stereocenters. The van der Waals surface area contributed by atoms with Gasteiger partial charge < -0.3 is 10.6 Å². The van der Waals surface area contributed by atoms with Gasteiger partial charge >= 0.3 is 0 Å². The van der Waals surface area contributed by atoms with E-state index in [-0.39, 0.29) is 24.2 Å². The Morgan fingerprint density at radius 2 is 1.95 bits per heavy atom. The van der Waals surface area contributed by atoms with Gasteiger partial charge in [-0.3, -0.25) is 9.59 Å². The molecule has 0 radical (unpaired) electrons. The third-order valence-corrected chi connectivity index (χ3v) is 3.81. The lowest BCUT2D eigenvalue weighted by Crippen LogP contribution is -2.63. The first-order chi connectivity index (χ1) is 9.38. The molecule has 0 aromatic heterocycles. The van der Waals surface area contributed by atoms with Crippen LogP contribution in [0.3, 0.4) is 0 Å². The maximum absolute atomic E-state index is 13.8. The third-order valence-electron chi connectivity index (χ3n) is 3.32. The molecule has 1 aromatic carbocycles. The average Bonchev–Trinajstić information content (AvgIpc) is 2.36. The molecule has 0 bridgehead atoms. The van der Waals surface area contributed by atoms with Crippen LogP contribution >= 0.6 is 15.9 Å². The van der Waals surface area contributed by atoms with Crippen LogP contribution in [0.15, 0.2) is 22.7 Å². The van der Waals surface area contributed by atoms with E-state index in [4.69, 9.17) is 0 Å². The summed E-state index contributed by atoms with van der Waals surface area (Å²) in [5, 5.41) is 5.34. The summed E-state index contributed by atoms with van der Waals surface area (Å²) in [5.74, 6) is -0.871. The lowest BCUT2D eigenvalue weighted by Gasteiger charge is -2.31. The molecule has 6 heteroatoms. The van der Waals surface area contributed by atoms with Crippen molar-refractivity contribution in [3.63, 3.8) is 0 Å². The lowest BCUT2D eigenvalue weighted by molar-refractivity contribution is -0.137. The summed E-state index contributed by atoms with van der Waals surface area (Å²) in [6, 6.07) is 3.40. The van der Waals surface area contributed by atoms with E-state index in [9.17, 15) is 14.0 Å². The zero-order valence-corrected chi connectivity index (χ0v) is 12.8. The monoisotopic (exact) mass is 342 g/mol. The van der Waals surface area contributed by atoms with Crippen LogP contribution in [0, 0.1) is 11.7 Å². The van der Waals surface area contributed by atoms with E-state index in [1.165, 1.54) is 6.07 Å². The van der Waals surface area contributed by atoms with Gasteiger partial charge in [-0.25, -0.2) is 4.39 Å². The number of nitrogens with one attached hydrogen (secondary N) is 2. The number of hydrogen-bond acceptors (Lipinski definition) is 2. The van der Waals surface area contributed by atoms with Crippen LogP contribution in [0.4, 0.5) is 4.39 Å². The van der Waals surface area contributed by atoms with Crippen molar-refractivity contribution < 1.29 is 14.0 Å². The van der Waals surface area contributed by atoms with Crippen molar-refractivity contribution in [2.75, 3.05) is 0 Å². The van der Waals surface area contributed by atoms with Crippen molar-refractivity contribution in [3.8, 4) is 0 Å². The van der Waals surface area contributed by atoms with Gasteiger partial charge in [-0.1, -0.05) is 35.8 Å². The number of carbonyl (C=O) groups excluding carboxylic acids is 2. The highest BCUT2D eigenvalue weighted by molar-refractivity contribution is 9.10. The number of benzene rings is 1. The van der Waals surface area contributed by atoms with Gasteiger partial charge in [0, 0.05) is 10.9 Å². The van der Waals surface area contributed by atoms with Gasteiger partial charge in [0.05, 0.1) is 0 Å². The van der Waals surface area contributed by atoms with Crippen LogP contribution < -0.4 is 10.6 Å². The highest BCUT2D eigenvalue weighted by Gasteiger charge is 2.35. The Morgan fingerprint density at radius 3 is 2.55 bits per heavy atom. The molecule has 20 heavy (non-hydrogen) atoms. The molecule has 2 rings (SSSR count). The van der Waals surface area contributed by atoms with Crippen LogP contribution in [0.5, 0.6) is 0 Å². The molecule has 0 saturated carbocycles. The SMILES string of the molecule is CC(C)[C@H]1NC(=O)[C@@H](Cc2ccc(Br)cc2F)NC1=O. The number of amides is 2. The Labute approximate surface area is 125 Å². The summed E-state index contributed by atoms with van der Waals surface area (Å²) >= 11 is 3.18. The van der Waals surface area contributed by atoms with Gasteiger partial charge in [0.1, 0.15) is 17.9 Å². The van der Waals surface area contributed by atoms with Crippen LogP contribution in [0.25, 0.3) is 0 Å². The summed E-state index contributed by atoms with van der Waals surface area (Å²) in [4.78, 5) is 23.9. The molecular weight excluding hydrogens is 327 g/mol. The Bertz CT molecular complexity index is 548. The molecule has 0 spiro atoms. The van der Waals surface area contributed by atoms with Crippen LogP contribution in [-0.2, 0) is 16.0 Å². The molecule has 1 aliphatic rings. The van der Waals surface area contributed by atoms with Gasteiger partial charge in [0.15, 0.2) is 0 Å². The first kappa shape index (κ1) is 15.0. The second kappa shape index (κ2) is 5.91. The van der Waals surface area contributed by atoms with Crippen LogP contribution in [0.1, 0.15) is 19.4 Å². The second-order valence-electron chi connectivity index (χ2n) is 5.23. The first-order valence-electron chi connectivity index (χ1n) is 6.43. The Hall–Kier alpha value is -1.43. The molecule has 1 aromatic rings. The molecule has 2 N–H and O–H groups in total. The van der Waals surface area contributed by atoms with Gasteiger partial charge in [-0.05, 0) is 23.6 Å². The van der Waals surface area contributed by atoms with Crippen molar-refractivity contribution in [2.24, 2.45) is 5.92 Å². The summed E-state index contributed by atoms with van der Waals surface area (Å²) in [5.41, 5.74) is 0.400. The van der Waals surface area contributed by atoms with Crippen molar-refractivity contribution >= 4 is 27.7 Å². The summed E-state index contributed by atoms with van der Waals surface area (Å²) in [6.45, 7) is 3.72. The normalized spacial score (nSPS) is 22.6. The van der Waals surface area contributed by atoms with Gasteiger partial charge in [-0.15, -0.1) is 0 Å². The van der Waals surface area contributed by atoms with Crippen LogP contribution in [0.2, 0.25) is 0 Å². The number of hydrogen-bond donors (Lipinski definition) is 2. The van der Waals surface area contributed by atoms with E-state index in [2.05, 4.69) is 26.6 Å². The van der Waals surface area contributed by atoms with Crippen molar-refractivity contribution in [2.45, 2.75) is 32.4 Å². The molecule has 0 unspecified atom stereocenters. The Kier molecular flexibility index (Phi) is 4.42. The van der Waals surface area contributed by atoms with E-state index < -0.39 is 17.9 Å². The largest absolute Gasteiger partial charge is 0.342 e. The van der Waals surface area contributed by atoms with E-state index in [1.54, 1.807) is 12.1 Å². The third kappa shape index (κ3) is 3.17. The second-order valence-corrected chi connectivity index (χ2v) is 6.15. The maximum Gasteiger partial charge on any atom is 0.243 e. The number of piperazine rings is 1. The minimum absolute atomic E-state index is 0.0179. The summed E-state index contributed by atoms with van der Waals surface area (Å²) in [6.07, 6.45) is 0.140. The first-order valence-corrected chi connectivity index (χ1v) is 7.22. The minimum atomic E-state index is -0.729. The van der Waals surface area contributed by atoms with E-state index in [0.29, 0.717) is 10.0 Å². The van der Waals surface area contributed by atoms with Crippen LogP contribution in [-0.4, -0.2) is 23.9 Å². The predicted octanol–water partition coefficient (Wildman–Crippen LogP) is 1.77. The molecule has 2 amide bonds. The number of rotatable bonds is 3. The zero-order valence-electron chi connectivity index (χ0n) is 11.2. The van der Waals surface area contributed by atoms with Gasteiger partial charge in [-0.2, -0.15) is 0 Å². The van der Waals surface area contributed by atoms with E-state index >= 15 is 0 Å². The van der Waals surface area contributed by atoms with Gasteiger partial charge in [0.2, 0.25) is 11.8 Å². The Morgan fingerprint density at radius 1 is 1.25 bits per heavy atom. The fourth-order valence-corrected chi connectivity index (χ4v) is 2.50. The number of carbonyl (C=O) groups is 2. The standard InChI is InChI=1S/C14H16BrFN2O2/c1-7(2)12-14(20)17-11(13(19)18-12)5-8-3-4-9(15)6-10(8)16/h3-4,6-7,11-12H,5H2,1-2H3,(H,17,20)(H,18,19)/t11-,12-/m1/s1. The molecule has 0 aliphatic carbocycles. The fourth-order valence-electron chi connectivity index (χ4n) is 2.17.